The van der Waals surface area contributed by atoms with Gasteiger partial charge >= 0.3 is 6.09 Å². The van der Waals surface area contributed by atoms with Crippen LogP contribution in [-0.2, 0) is 11.2 Å². The van der Waals surface area contributed by atoms with E-state index in [0.29, 0.717) is 38.1 Å². The highest BCUT2D eigenvalue weighted by molar-refractivity contribution is 6.08. The molecule has 8 nitrogen and oxygen atoms in total. The molecule has 0 saturated carbocycles. The van der Waals surface area contributed by atoms with Crippen LogP contribution in [0, 0.1) is 11.8 Å². The van der Waals surface area contributed by atoms with Crippen LogP contribution in [0.25, 0.3) is 0 Å². The number of fused-ring (bicyclic) bond motifs is 2. The second kappa shape index (κ2) is 8.08. The third kappa shape index (κ3) is 3.75. The van der Waals surface area contributed by atoms with Crippen LogP contribution >= 0.6 is 0 Å². The molecule has 3 aliphatic heterocycles. The topological polar surface area (TPSA) is 91.7 Å². The Balaban J connectivity index is 1.55. The molecule has 0 radical (unpaired) electrons. The van der Waals surface area contributed by atoms with Gasteiger partial charge in [0, 0.05) is 36.6 Å². The Morgan fingerprint density at radius 2 is 1.88 bits per heavy atom. The molecule has 4 aliphatic rings. The summed E-state index contributed by atoms with van der Waals surface area (Å²) in [6.45, 7) is 4.97. The number of hydrazone groups is 1. The van der Waals surface area contributed by atoms with Crippen LogP contribution in [0.2, 0.25) is 0 Å². The van der Waals surface area contributed by atoms with Crippen molar-refractivity contribution in [3.8, 4) is 11.5 Å². The van der Waals surface area contributed by atoms with Gasteiger partial charge in [0.2, 0.25) is 5.91 Å². The average molecular weight is 454 g/mol. The fourth-order valence-electron chi connectivity index (χ4n) is 5.65. The molecule has 1 saturated heterocycles. The summed E-state index contributed by atoms with van der Waals surface area (Å²) >= 11 is 0. The summed E-state index contributed by atoms with van der Waals surface area (Å²) in [4.78, 5) is 26.2. The molecule has 33 heavy (non-hydrogen) atoms. The summed E-state index contributed by atoms with van der Waals surface area (Å²) in [5, 5.41) is 16.0. The van der Waals surface area contributed by atoms with E-state index in [1.54, 1.807) is 12.1 Å². The fourth-order valence-corrected chi connectivity index (χ4v) is 5.65. The summed E-state index contributed by atoms with van der Waals surface area (Å²) < 4.78 is 11.8. The van der Waals surface area contributed by atoms with Crippen molar-refractivity contribution >= 4 is 17.7 Å². The number of likely N-dealkylation sites (tertiary alicyclic amines) is 1. The molecule has 2 unspecified atom stereocenters. The first-order valence-corrected chi connectivity index (χ1v) is 11.7. The van der Waals surface area contributed by atoms with Gasteiger partial charge in [0.25, 0.3) is 0 Å². The van der Waals surface area contributed by atoms with Crippen molar-refractivity contribution in [2.45, 2.75) is 57.6 Å². The molecule has 2 atom stereocenters. The SMILES string of the molecule is COc1ccc(C2=NN(C3CCN(C(=O)O)CC3)C(=O)C3CC=CCC23)c2c1OC(C)(C)C2. The van der Waals surface area contributed by atoms with Crippen molar-refractivity contribution in [3.05, 3.63) is 35.4 Å². The number of carboxylic acid groups (broad SMARTS) is 1. The minimum atomic E-state index is -0.906. The van der Waals surface area contributed by atoms with E-state index in [9.17, 15) is 14.7 Å². The van der Waals surface area contributed by atoms with Gasteiger partial charge in [-0.2, -0.15) is 5.10 Å². The molecule has 1 aromatic rings. The first-order chi connectivity index (χ1) is 15.8. The van der Waals surface area contributed by atoms with Gasteiger partial charge in [-0.3, -0.25) is 4.79 Å². The van der Waals surface area contributed by atoms with E-state index in [4.69, 9.17) is 14.6 Å². The molecule has 0 aromatic heterocycles. The number of nitrogens with zero attached hydrogens (tertiary/aromatic N) is 3. The van der Waals surface area contributed by atoms with Gasteiger partial charge in [0.05, 0.1) is 24.8 Å². The van der Waals surface area contributed by atoms with Gasteiger partial charge < -0.3 is 19.5 Å². The molecule has 1 fully saturated rings. The maximum Gasteiger partial charge on any atom is 0.407 e. The van der Waals surface area contributed by atoms with E-state index in [1.165, 1.54) is 4.90 Å². The van der Waals surface area contributed by atoms with Crippen molar-refractivity contribution in [2.75, 3.05) is 20.2 Å². The predicted molar refractivity (Wildman–Crippen MR) is 123 cm³/mol. The first-order valence-electron chi connectivity index (χ1n) is 11.7. The summed E-state index contributed by atoms with van der Waals surface area (Å²) in [5.41, 5.74) is 2.71. The number of amides is 2. The van der Waals surface area contributed by atoms with E-state index in [2.05, 4.69) is 32.1 Å². The third-order valence-corrected chi connectivity index (χ3v) is 7.32. The minimum Gasteiger partial charge on any atom is -0.493 e. The summed E-state index contributed by atoms with van der Waals surface area (Å²) in [6.07, 6.45) is 6.76. The lowest BCUT2D eigenvalue weighted by atomic mass is 9.75. The summed E-state index contributed by atoms with van der Waals surface area (Å²) in [5.74, 6) is 1.42. The minimum absolute atomic E-state index is 0.0269. The largest absolute Gasteiger partial charge is 0.493 e. The van der Waals surface area contributed by atoms with E-state index in [1.807, 2.05) is 6.07 Å². The smallest absolute Gasteiger partial charge is 0.407 e. The molecule has 2 amide bonds. The number of carbonyl (C=O) groups is 2. The highest BCUT2D eigenvalue weighted by Gasteiger charge is 2.45. The molecular weight excluding hydrogens is 422 g/mol. The number of carbonyl (C=O) groups excluding carboxylic acids is 1. The number of rotatable bonds is 3. The van der Waals surface area contributed by atoms with Crippen molar-refractivity contribution in [2.24, 2.45) is 16.9 Å². The van der Waals surface area contributed by atoms with E-state index >= 15 is 0 Å². The van der Waals surface area contributed by atoms with E-state index in [-0.39, 0.29) is 29.4 Å². The standard InChI is InChI=1S/C25H31N3O5/c1-25(2)14-19-17(8-9-20(32-3)22(19)33-25)21-16-6-4-5-7-18(16)23(29)28(26-21)15-10-12-27(13-11-15)24(30)31/h4-5,8-9,15-16,18H,6-7,10-14H2,1-3H3,(H,30,31). The maximum absolute atomic E-state index is 13.5. The first kappa shape index (κ1) is 21.8. The Hall–Kier alpha value is -3.03. The second-order valence-corrected chi connectivity index (χ2v) is 9.99. The number of ether oxygens (including phenoxy) is 2. The van der Waals surface area contributed by atoms with Gasteiger partial charge in [0.15, 0.2) is 11.5 Å². The molecule has 0 bridgehead atoms. The van der Waals surface area contributed by atoms with Crippen LogP contribution in [0.4, 0.5) is 4.79 Å². The Kier molecular flexibility index (Phi) is 5.34. The van der Waals surface area contributed by atoms with E-state index < -0.39 is 6.09 Å². The lowest BCUT2D eigenvalue weighted by Gasteiger charge is -2.42. The highest BCUT2D eigenvalue weighted by atomic mass is 16.5. The highest BCUT2D eigenvalue weighted by Crippen LogP contribution is 2.46. The summed E-state index contributed by atoms with van der Waals surface area (Å²) in [6, 6.07) is 3.89. The molecular formula is C25H31N3O5. The van der Waals surface area contributed by atoms with Crippen LogP contribution < -0.4 is 9.47 Å². The van der Waals surface area contributed by atoms with Crippen molar-refractivity contribution in [1.29, 1.82) is 0 Å². The van der Waals surface area contributed by atoms with Crippen LogP contribution in [0.5, 0.6) is 11.5 Å². The Morgan fingerprint density at radius 1 is 1.18 bits per heavy atom. The van der Waals surface area contributed by atoms with Gasteiger partial charge in [0.1, 0.15) is 5.60 Å². The zero-order valence-corrected chi connectivity index (χ0v) is 19.4. The average Bonchev–Trinajstić information content (AvgIpc) is 3.14. The Labute approximate surface area is 193 Å². The van der Waals surface area contributed by atoms with Gasteiger partial charge in [-0.15, -0.1) is 0 Å². The number of hydrogen-bond acceptors (Lipinski definition) is 5. The van der Waals surface area contributed by atoms with Crippen LogP contribution in [-0.4, -0.2) is 64.6 Å². The quantitative estimate of drug-likeness (QED) is 0.705. The van der Waals surface area contributed by atoms with Gasteiger partial charge in [-0.05, 0) is 51.7 Å². The van der Waals surface area contributed by atoms with Gasteiger partial charge in [-0.25, -0.2) is 9.80 Å². The van der Waals surface area contributed by atoms with Crippen molar-refractivity contribution in [3.63, 3.8) is 0 Å². The number of benzene rings is 1. The monoisotopic (exact) mass is 453 g/mol. The molecule has 1 N–H and O–H groups in total. The predicted octanol–water partition coefficient (Wildman–Crippen LogP) is 3.68. The number of piperidine rings is 1. The fraction of sp³-hybridized carbons (Fsp3) is 0.560. The Morgan fingerprint density at radius 3 is 2.55 bits per heavy atom. The molecule has 1 aliphatic carbocycles. The lowest BCUT2D eigenvalue weighted by molar-refractivity contribution is -0.141. The van der Waals surface area contributed by atoms with Crippen LogP contribution in [0.15, 0.2) is 29.4 Å². The second-order valence-electron chi connectivity index (χ2n) is 9.99. The summed E-state index contributed by atoms with van der Waals surface area (Å²) in [7, 11) is 1.65. The normalized spacial score (nSPS) is 26.4. The molecule has 3 heterocycles. The number of methoxy groups -OCH3 is 1. The number of hydrogen-bond donors (Lipinski definition) is 1. The molecule has 8 heteroatoms. The third-order valence-electron chi connectivity index (χ3n) is 7.32. The lowest BCUT2D eigenvalue weighted by Crippen LogP contribution is -2.52. The molecule has 1 aromatic carbocycles. The van der Waals surface area contributed by atoms with Crippen molar-refractivity contribution in [1.82, 2.24) is 9.91 Å². The zero-order chi connectivity index (χ0) is 23.3. The van der Waals surface area contributed by atoms with Crippen molar-refractivity contribution < 1.29 is 24.2 Å². The molecule has 5 rings (SSSR count). The molecule has 0 spiro atoms. The van der Waals surface area contributed by atoms with Gasteiger partial charge in [-0.1, -0.05) is 12.2 Å². The molecule has 176 valence electrons. The Bertz CT molecular complexity index is 1040. The maximum atomic E-state index is 13.5. The number of allylic oxidation sites excluding steroid dienone is 2. The van der Waals surface area contributed by atoms with Crippen LogP contribution in [0.3, 0.4) is 0 Å². The van der Waals surface area contributed by atoms with E-state index in [0.717, 1.165) is 35.4 Å². The zero-order valence-electron chi connectivity index (χ0n) is 19.4. The van der Waals surface area contributed by atoms with Crippen LogP contribution in [0.1, 0.15) is 50.7 Å².